The Bertz CT molecular complexity index is 695. The fraction of sp³-hybridized carbons (Fsp3) is 0.312. The summed E-state index contributed by atoms with van der Waals surface area (Å²) in [4.78, 5) is 27.8. The van der Waals surface area contributed by atoms with Gasteiger partial charge in [-0.25, -0.2) is 0 Å². The van der Waals surface area contributed by atoms with E-state index in [9.17, 15) is 9.59 Å². The van der Waals surface area contributed by atoms with Gasteiger partial charge in [-0.2, -0.15) is 0 Å². The minimum Gasteiger partial charge on any atom is -0.368 e. The maximum atomic E-state index is 11.8. The van der Waals surface area contributed by atoms with Crippen LogP contribution >= 0.6 is 0 Å². The highest BCUT2D eigenvalue weighted by molar-refractivity contribution is 5.88. The van der Waals surface area contributed by atoms with E-state index in [0.717, 1.165) is 29.4 Å². The monoisotopic (exact) mass is 283 g/mol. The van der Waals surface area contributed by atoms with Gasteiger partial charge in [-0.15, -0.1) is 0 Å². The average Bonchev–Trinajstić information content (AvgIpc) is 3.31. The second kappa shape index (κ2) is 5.52. The predicted molar refractivity (Wildman–Crippen MR) is 79.3 cm³/mol. The van der Waals surface area contributed by atoms with Gasteiger partial charge in [-0.1, -0.05) is 24.3 Å². The lowest BCUT2D eigenvalue weighted by molar-refractivity contribution is -0.128. The first kappa shape index (κ1) is 13.5. The molecule has 0 bridgehead atoms. The van der Waals surface area contributed by atoms with E-state index >= 15 is 0 Å². The summed E-state index contributed by atoms with van der Waals surface area (Å²) in [5.74, 6) is -0.560. The van der Waals surface area contributed by atoms with Crippen molar-refractivity contribution in [3.63, 3.8) is 0 Å². The molecule has 0 unspecified atom stereocenters. The smallest absolute Gasteiger partial charge is 0.240 e. The Labute approximate surface area is 122 Å². The van der Waals surface area contributed by atoms with Crippen LogP contribution in [-0.2, 0) is 16.0 Å². The Balaban J connectivity index is 1.76. The predicted octanol–water partition coefficient (Wildman–Crippen LogP) is 1.16. The Hall–Kier alpha value is -2.43. The highest BCUT2D eigenvalue weighted by Crippen LogP contribution is 2.29. The Morgan fingerprint density at radius 1 is 1.24 bits per heavy atom. The third kappa shape index (κ3) is 3.18. The van der Waals surface area contributed by atoms with Gasteiger partial charge in [0, 0.05) is 23.4 Å². The standard InChI is InChI=1S/C16H17N3O2/c17-15(20)14(19-16(21)11-5-6-11)9-12-8-7-10-3-1-2-4-13(10)18-12/h1-4,7-8,11,14H,5-6,9H2,(H2,17,20)(H,19,21)/t14-/m1/s1. The molecule has 3 rings (SSSR count). The van der Waals surface area contributed by atoms with Crippen LogP contribution in [0.25, 0.3) is 10.9 Å². The van der Waals surface area contributed by atoms with E-state index in [1.807, 2.05) is 36.4 Å². The molecule has 1 atom stereocenters. The third-order valence-electron chi connectivity index (χ3n) is 3.68. The van der Waals surface area contributed by atoms with E-state index in [-0.39, 0.29) is 11.8 Å². The summed E-state index contributed by atoms with van der Waals surface area (Å²) < 4.78 is 0. The normalized spacial score (nSPS) is 15.6. The van der Waals surface area contributed by atoms with Crippen LogP contribution in [0.3, 0.4) is 0 Å². The number of aromatic nitrogens is 1. The maximum Gasteiger partial charge on any atom is 0.240 e. The number of pyridine rings is 1. The molecule has 2 amide bonds. The van der Waals surface area contributed by atoms with Crippen molar-refractivity contribution in [1.82, 2.24) is 10.3 Å². The fourth-order valence-electron chi connectivity index (χ4n) is 2.29. The number of amides is 2. The molecular weight excluding hydrogens is 266 g/mol. The van der Waals surface area contributed by atoms with Crippen molar-refractivity contribution in [3.8, 4) is 0 Å². The van der Waals surface area contributed by atoms with Crippen molar-refractivity contribution in [3.05, 3.63) is 42.1 Å². The van der Waals surface area contributed by atoms with Crippen LogP contribution in [0.2, 0.25) is 0 Å². The zero-order valence-corrected chi connectivity index (χ0v) is 11.6. The lowest BCUT2D eigenvalue weighted by Crippen LogP contribution is -2.46. The molecule has 1 saturated carbocycles. The third-order valence-corrected chi connectivity index (χ3v) is 3.68. The molecule has 0 saturated heterocycles. The summed E-state index contributed by atoms with van der Waals surface area (Å²) >= 11 is 0. The van der Waals surface area contributed by atoms with Crippen LogP contribution in [0.4, 0.5) is 0 Å². The molecule has 1 aliphatic carbocycles. The van der Waals surface area contributed by atoms with Crippen molar-refractivity contribution in [2.45, 2.75) is 25.3 Å². The first-order chi connectivity index (χ1) is 10.1. The molecule has 1 aliphatic rings. The van der Waals surface area contributed by atoms with E-state index in [0.29, 0.717) is 6.42 Å². The number of nitrogens with one attached hydrogen (secondary N) is 1. The summed E-state index contributed by atoms with van der Waals surface area (Å²) in [6, 6.07) is 10.9. The zero-order valence-electron chi connectivity index (χ0n) is 11.6. The minimum atomic E-state index is -0.702. The molecule has 5 nitrogen and oxygen atoms in total. The second-order valence-electron chi connectivity index (χ2n) is 5.44. The SMILES string of the molecule is NC(=O)[C@@H](Cc1ccc2ccccc2n1)NC(=O)C1CC1. The highest BCUT2D eigenvalue weighted by Gasteiger charge is 2.32. The van der Waals surface area contributed by atoms with E-state index in [4.69, 9.17) is 5.73 Å². The molecule has 2 aromatic rings. The van der Waals surface area contributed by atoms with Crippen molar-refractivity contribution in [2.24, 2.45) is 11.7 Å². The molecule has 1 fully saturated rings. The first-order valence-electron chi connectivity index (χ1n) is 7.08. The number of benzene rings is 1. The zero-order chi connectivity index (χ0) is 14.8. The van der Waals surface area contributed by atoms with Gasteiger partial charge in [0.05, 0.1) is 5.52 Å². The molecule has 5 heteroatoms. The lowest BCUT2D eigenvalue weighted by atomic mass is 10.1. The van der Waals surface area contributed by atoms with Gasteiger partial charge in [0.15, 0.2) is 0 Å². The lowest BCUT2D eigenvalue weighted by Gasteiger charge is -2.15. The van der Waals surface area contributed by atoms with Crippen molar-refractivity contribution in [2.75, 3.05) is 0 Å². The van der Waals surface area contributed by atoms with Crippen LogP contribution in [0, 0.1) is 5.92 Å². The number of nitrogens with zero attached hydrogens (tertiary/aromatic N) is 1. The molecule has 3 N–H and O–H groups in total. The molecule has 1 aromatic carbocycles. The number of primary amides is 1. The van der Waals surface area contributed by atoms with Gasteiger partial charge in [0.1, 0.15) is 6.04 Å². The Morgan fingerprint density at radius 3 is 2.71 bits per heavy atom. The molecule has 1 aromatic heterocycles. The maximum absolute atomic E-state index is 11.8. The molecule has 1 heterocycles. The number of nitrogens with two attached hydrogens (primary N) is 1. The molecular formula is C16H17N3O2. The van der Waals surface area contributed by atoms with Crippen LogP contribution in [0.1, 0.15) is 18.5 Å². The van der Waals surface area contributed by atoms with Gasteiger partial charge >= 0.3 is 0 Å². The van der Waals surface area contributed by atoms with Gasteiger partial charge in [0.25, 0.3) is 0 Å². The van der Waals surface area contributed by atoms with Crippen molar-refractivity contribution >= 4 is 22.7 Å². The number of para-hydroxylation sites is 1. The van der Waals surface area contributed by atoms with Crippen LogP contribution < -0.4 is 11.1 Å². The number of rotatable bonds is 5. The van der Waals surface area contributed by atoms with Gasteiger partial charge in [-0.3, -0.25) is 14.6 Å². The van der Waals surface area contributed by atoms with E-state index in [2.05, 4.69) is 10.3 Å². The quantitative estimate of drug-likeness (QED) is 0.863. The summed E-state index contributed by atoms with van der Waals surface area (Å²) in [6.07, 6.45) is 2.11. The minimum absolute atomic E-state index is 0.0522. The van der Waals surface area contributed by atoms with Gasteiger partial charge in [0.2, 0.25) is 11.8 Å². The first-order valence-corrected chi connectivity index (χ1v) is 7.08. The summed E-state index contributed by atoms with van der Waals surface area (Å²) in [6.45, 7) is 0. The highest BCUT2D eigenvalue weighted by atomic mass is 16.2. The Kier molecular flexibility index (Phi) is 3.56. The van der Waals surface area contributed by atoms with Crippen LogP contribution in [0.5, 0.6) is 0 Å². The average molecular weight is 283 g/mol. The Morgan fingerprint density at radius 2 is 2.00 bits per heavy atom. The van der Waals surface area contributed by atoms with Crippen molar-refractivity contribution in [1.29, 1.82) is 0 Å². The summed E-state index contributed by atoms with van der Waals surface area (Å²) in [7, 11) is 0. The number of carbonyl (C=O) groups is 2. The number of hydrogen-bond donors (Lipinski definition) is 2. The molecule has 21 heavy (non-hydrogen) atoms. The van der Waals surface area contributed by atoms with Crippen LogP contribution in [0.15, 0.2) is 36.4 Å². The van der Waals surface area contributed by atoms with E-state index in [1.165, 1.54) is 0 Å². The molecule has 0 spiro atoms. The van der Waals surface area contributed by atoms with Gasteiger partial charge < -0.3 is 11.1 Å². The van der Waals surface area contributed by atoms with E-state index < -0.39 is 11.9 Å². The summed E-state index contributed by atoms with van der Waals surface area (Å²) in [5, 5.41) is 3.76. The topological polar surface area (TPSA) is 85.1 Å². The van der Waals surface area contributed by atoms with Crippen molar-refractivity contribution < 1.29 is 9.59 Å². The largest absolute Gasteiger partial charge is 0.368 e. The second-order valence-corrected chi connectivity index (χ2v) is 5.44. The molecule has 0 radical (unpaired) electrons. The van der Waals surface area contributed by atoms with Crippen LogP contribution in [-0.4, -0.2) is 22.8 Å². The fourth-order valence-corrected chi connectivity index (χ4v) is 2.29. The van der Waals surface area contributed by atoms with Gasteiger partial charge in [-0.05, 0) is 25.0 Å². The van der Waals surface area contributed by atoms with E-state index in [1.54, 1.807) is 0 Å². The number of hydrogen-bond acceptors (Lipinski definition) is 3. The molecule has 108 valence electrons. The number of fused-ring (bicyclic) bond motifs is 1. The molecule has 0 aliphatic heterocycles. The number of carbonyl (C=O) groups excluding carboxylic acids is 2. The summed E-state index contributed by atoms with van der Waals surface area (Å²) in [5.41, 5.74) is 7.00.